The Morgan fingerprint density at radius 2 is 1.95 bits per heavy atom. The summed E-state index contributed by atoms with van der Waals surface area (Å²) in [5, 5.41) is 9.73. The van der Waals surface area contributed by atoms with Gasteiger partial charge in [0.2, 0.25) is 0 Å². The Morgan fingerprint density at radius 3 is 2.55 bits per heavy atom. The van der Waals surface area contributed by atoms with Gasteiger partial charge in [0.1, 0.15) is 12.4 Å². The van der Waals surface area contributed by atoms with E-state index in [1.54, 1.807) is 0 Å². The lowest BCUT2D eigenvalue weighted by Crippen LogP contribution is -2.32. The first-order valence-corrected chi connectivity index (χ1v) is 5.28. The summed E-state index contributed by atoms with van der Waals surface area (Å²) in [5.41, 5.74) is 5.44. The summed E-state index contributed by atoms with van der Waals surface area (Å²) < 4.78 is 64.0. The van der Waals surface area contributed by atoms with Crippen molar-refractivity contribution < 1.29 is 22.0 Å². The van der Waals surface area contributed by atoms with Crippen LogP contribution in [-0.2, 0) is 6.54 Å². The van der Waals surface area contributed by atoms with Crippen LogP contribution in [-0.4, -0.2) is 32.6 Å². The highest BCUT2D eigenvalue weighted by atomic mass is 19.3. The topological polar surface area (TPSA) is 69.6 Å². The summed E-state index contributed by atoms with van der Waals surface area (Å²) in [6.07, 6.45) is -3.86. The number of halogens is 5. The largest absolute Gasteiger partial charge is 0.399 e. The van der Waals surface area contributed by atoms with Crippen molar-refractivity contribution in [3.8, 4) is 11.4 Å². The molecule has 2 rings (SSSR count). The lowest BCUT2D eigenvalue weighted by Gasteiger charge is -2.15. The van der Waals surface area contributed by atoms with E-state index >= 15 is 0 Å². The third kappa shape index (κ3) is 2.83. The molecule has 0 atom stereocenters. The van der Waals surface area contributed by atoms with Gasteiger partial charge >= 0.3 is 12.3 Å². The van der Waals surface area contributed by atoms with Crippen molar-refractivity contribution in [3.05, 3.63) is 24.0 Å². The van der Waals surface area contributed by atoms with Crippen LogP contribution in [0.15, 0.2) is 18.2 Å². The summed E-state index contributed by atoms with van der Waals surface area (Å²) in [4.78, 5) is 0. The lowest BCUT2D eigenvalue weighted by atomic mass is 10.2. The maximum absolute atomic E-state index is 13.2. The maximum atomic E-state index is 13.2. The second kappa shape index (κ2) is 5.02. The van der Waals surface area contributed by atoms with Gasteiger partial charge in [0.25, 0.3) is 0 Å². The van der Waals surface area contributed by atoms with Crippen LogP contribution in [0.5, 0.6) is 0 Å². The first-order valence-electron chi connectivity index (χ1n) is 5.28. The van der Waals surface area contributed by atoms with Gasteiger partial charge in [0.15, 0.2) is 5.82 Å². The van der Waals surface area contributed by atoms with Gasteiger partial charge in [-0.15, -0.1) is 5.10 Å². The van der Waals surface area contributed by atoms with Gasteiger partial charge in [-0.05, 0) is 28.6 Å². The van der Waals surface area contributed by atoms with Gasteiger partial charge in [-0.3, -0.25) is 0 Å². The van der Waals surface area contributed by atoms with Crippen molar-refractivity contribution >= 4 is 5.69 Å². The van der Waals surface area contributed by atoms with Crippen molar-refractivity contribution in [1.29, 1.82) is 0 Å². The van der Waals surface area contributed by atoms with Gasteiger partial charge in [-0.2, -0.15) is 8.78 Å². The molecule has 0 amide bonds. The summed E-state index contributed by atoms with van der Waals surface area (Å²) in [7, 11) is 0. The number of benzene rings is 1. The third-order valence-electron chi connectivity index (χ3n) is 2.39. The van der Waals surface area contributed by atoms with Crippen LogP contribution in [0.2, 0.25) is 0 Å². The molecule has 1 aromatic carbocycles. The van der Waals surface area contributed by atoms with E-state index in [9.17, 15) is 22.0 Å². The molecule has 5 nitrogen and oxygen atoms in total. The van der Waals surface area contributed by atoms with E-state index in [1.165, 1.54) is 6.07 Å². The molecular weight excluding hydrogens is 285 g/mol. The standard InChI is InChI=1S/C10H8F5N5/c11-6-1-5(2-7(16)3-6)8-17-18-19-20(8)4-10(14,15)9(12)13/h1-3,9H,4,16H2. The molecule has 2 aromatic rings. The number of hydrogen-bond acceptors (Lipinski definition) is 4. The van der Waals surface area contributed by atoms with Crippen molar-refractivity contribution in [2.24, 2.45) is 0 Å². The Bertz CT molecular complexity index is 592. The van der Waals surface area contributed by atoms with Gasteiger partial charge in [0.05, 0.1) is 0 Å². The zero-order valence-corrected chi connectivity index (χ0v) is 9.77. The molecule has 0 bridgehead atoms. The quantitative estimate of drug-likeness (QED) is 0.691. The van der Waals surface area contributed by atoms with Crippen LogP contribution in [0, 0.1) is 5.82 Å². The Kier molecular flexibility index (Phi) is 3.55. The fraction of sp³-hybridized carbons (Fsp3) is 0.300. The van der Waals surface area contributed by atoms with Crippen molar-refractivity contribution in [3.63, 3.8) is 0 Å². The van der Waals surface area contributed by atoms with E-state index in [4.69, 9.17) is 5.73 Å². The van der Waals surface area contributed by atoms with Crippen LogP contribution >= 0.6 is 0 Å². The molecule has 2 N–H and O–H groups in total. The Balaban J connectivity index is 2.38. The van der Waals surface area contributed by atoms with E-state index in [0.29, 0.717) is 4.68 Å². The average molecular weight is 293 g/mol. The van der Waals surface area contributed by atoms with Crippen LogP contribution in [0.1, 0.15) is 0 Å². The predicted molar refractivity (Wildman–Crippen MR) is 58.6 cm³/mol. The van der Waals surface area contributed by atoms with Gasteiger partial charge in [-0.1, -0.05) is 0 Å². The highest BCUT2D eigenvalue weighted by Crippen LogP contribution is 2.27. The monoisotopic (exact) mass is 293 g/mol. The molecule has 0 unspecified atom stereocenters. The zero-order valence-electron chi connectivity index (χ0n) is 9.77. The van der Waals surface area contributed by atoms with E-state index in [2.05, 4.69) is 15.5 Å². The number of rotatable bonds is 4. The average Bonchev–Trinajstić information content (AvgIpc) is 2.74. The minimum atomic E-state index is -4.30. The van der Waals surface area contributed by atoms with E-state index < -0.39 is 24.7 Å². The molecule has 1 heterocycles. The number of nitrogen functional groups attached to an aromatic ring is 1. The zero-order chi connectivity index (χ0) is 14.9. The van der Waals surface area contributed by atoms with Crippen molar-refractivity contribution in [1.82, 2.24) is 20.2 Å². The first-order chi connectivity index (χ1) is 9.29. The minimum Gasteiger partial charge on any atom is -0.399 e. The molecule has 0 saturated heterocycles. The molecule has 1 aromatic heterocycles. The number of tetrazole rings is 1. The Morgan fingerprint density at radius 1 is 1.25 bits per heavy atom. The maximum Gasteiger partial charge on any atom is 0.326 e. The smallest absolute Gasteiger partial charge is 0.326 e. The molecular formula is C10H8F5N5. The van der Waals surface area contributed by atoms with Crippen LogP contribution in [0.4, 0.5) is 27.6 Å². The Labute approximate surface area is 109 Å². The van der Waals surface area contributed by atoms with Crippen molar-refractivity contribution in [2.45, 2.75) is 18.9 Å². The molecule has 20 heavy (non-hydrogen) atoms. The molecule has 0 spiro atoms. The Hall–Kier alpha value is -2.26. The summed E-state index contributed by atoms with van der Waals surface area (Å²) >= 11 is 0. The molecule has 108 valence electrons. The highest BCUT2D eigenvalue weighted by Gasteiger charge is 2.42. The second-order valence-electron chi connectivity index (χ2n) is 4.00. The molecule has 0 aliphatic rings. The lowest BCUT2D eigenvalue weighted by molar-refractivity contribution is -0.139. The van der Waals surface area contributed by atoms with E-state index in [1.807, 2.05) is 0 Å². The van der Waals surface area contributed by atoms with Gasteiger partial charge in [-0.25, -0.2) is 17.9 Å². The number of hydrogen-bond donors (Lipinski definition) is 1. The summed E-state index contributed by atoms with van der Waals surface area (Å²) in [5.74, 6) is -5.31. The third-order valence-corrected chi connectivity index (χ3v) is 2.39. The van der Waals surface area contributed by atoms with E-state index in [0.717, 1.165) is 12.1 Å². The molecule has 0 fully saturated rings. The van der Waals surface area contributed by atoms with Crippen molar-refractivity contribution in [2.75, 3.05) is 5.73 Å². The summed E-state index contributed by atoms with van der Waals surface area (Å²) in [6, 6.07) is 3.20. The predicted octanol–water partition coefficient (Wildman–Crippen LogP) is 1.96. The van der Waals surface area contributed by atoms with Crippen LogP contribution < -0.4 is 5.73 Å². The molecule has 10 heteroatoms. The van der Waals surface area contributed by atoms with Crippen LogP contribution in [0.3, 0.4) is 0 Å². The van der Waals surface area contributed by atoms with Gasteiger partial charge < -0.3 is 5.73 Å². The van der Waals surface area contributed by atoms with Gasteiger partial charge in [0, 0.05) is 11.3 Å². The van der Waals surface area contributed by atoms with Crippen LogP contribution in [0.25, 0.3) is 11.4 Å². The first kappa shape index (κ1) is 14.2. The minimum absolute atomic E-state index is 0.0116. The molecule has 0 radical (unpaired) electrons. The number of aromatic nitrogens is 4. The number of nitrogens with zero attached hydrogens (tertiary/aromatic N) is 4. The highest BCUT2D eigenvalue weighted by molar-refractivity contribution is 5.61. The summed E-state index contributed by atoms with van der Waals surface area (Å²) in [6.45, 7) is -1.43. The number of anilines is 1. The second-order valence-corrected chi connectivity index (χ2v) is 4.00. The molecule has 0 aliphatic heterocycles. The normalized spacial score (nSPS) is 12.1. The number of nitrogens with two attached hydrogens (primary N) is 1. The SMILES string of the molecule is Nc1cc(F)cc(-c2nnnn2CC(F)(F)C(F)F)c1. The fourth-order valence-electron chi connectivity index (χ4n) is 1.53. The van der Waals surface area contributed by atoms with E-state index in [-0.39, 0.29) is 17.1 Å². The number of alkyl halides is 4. The molecule has 0 saturated carbocycles. The molecule has 0 aliphatic carbocycles. The fourth-order valence-corrected chi connectivity index (χ4v) is 1.53.